The lowest BCUT2D eigenvalue weighted by atomic mass is 10.2. The summed E-state index contributed by atoms with van der Waals surface area (Å²) < 4.78 is 12.4. The summed E-state index contributed by atoms with van der Waals surface area (Å²) in [6.07, 6.45) is 0. The van der Waals surface area contributed by atoms with E-state index < -0.39 is 5.91 Å². The molecular formula is C19H14Cl2N4O3S. The molecule has 4 aromatic rings. The summed E-state index contributed by atoms with van der Waals surface area (Å²) >= 11 is 13.3. The van der Waals surface area contributed by atoms with E-state index in [1.165, 1.54) is 11.3 Å². The molecule has 2 heterocycles. The standard InChI is InChI=1S/C19H14Cl2N4O3S/c1-27-13-4-2-3-11(7-13)15-10-29-19-23-18(24-25(15)19)22-17(26)9-28-16-6-5-12(20)8-14(16)21/h2-8,10H,9H2,1H3,(H,22,24,26). The van der Waals surface area contributed by atoms with Crippen LogP contribution in [0.25, 0.3) is 16.2 Å². The molecule has 7 nitrogen and oxygen atoms in total. The van der Waals surface area contributed by atoms with Crippen molar-refractivity contribution >= 4 is 51.4 Å². The predicted molar refractivity (Wildman–Crippen MR) is 113 cm³/mol. The summed E-state index contributed by atoms with van der Waals surface area (Å²) in [5.74, 6) is 0.896. The Morgan fingerprint density at radius 2 is 2.10 bits per heavy atom. The fraction of sp³-hybridized carbons (Fsp3) is 0.105. The van der Waals surface area contributed by atoms with Gasteiger partial charge in [0.05, 0.1) is 17.8 Å². The minimum Gasteiger partial charge on any atom is -0.497 e. The number of carbonyl (C=O) groups is 1. The van der Waals surface area contributed by atoms with Gasteiger partial charge in [-0.15, -0.1) is 16.4 Å². The highest BCUT2D eigenvalue weighted by Gasteiger charge is 2.14. The third kappa shape index (κ3) is 4.29. The van der Waals surface area contributed by atoms with Gasteiger partial charge in [-0.1, -0.05) is 35.3 Å². The Kier molecular flexibility index (Phi) is 5.57. The highest BCUT2D eigenvalue weighted by atomic mass is 35.5. The van der Waals surface area contributed by atoms with Crippen molar-refractivity contribution in [2.24, 2.45) is 0 Å². The molecule has 29 heavy (non-hydrogen) atoms. The van der Waals surface area contributed by atoms with Gasteiger partial charge < -0.3 is 9.47 Å². The molecule has 0 atom stereocenters. The third-order valence-corrected chi connectivity index (χ3v) is 5.30. The maximum atomic E-state index is 12.2. The van der Waals surface area contributed by atoms with Crippen LogP contribution >= 0.6 is 34.5 Å². The summed E-state index contributed by atoms with van der Waals surface area (Å²) in [5, 5.41) is 9.76. The number of benzene rings is 2. The van der Waals surface area contributed by atoms with Gasteiger partial charge in [-0.05, 0) is 30.3 Å². The predicted octanol–water partition coefficient (Wildman–Crippen LogP) is 4.79. The van der Waals surface area contributed by atoms with E-state index in [9.17, 15) is 4.79 Å². The van der Waals surface area contributed by atoms with Crippen LogP contribution in [0.1, 0.15) is 0 Å². The van der Waals surface area contributed by atoms with Crippen molar-refractivity contribution in [3.05, 3.63) is 57.9 Å². The van der Waals surface area contributed by atoms with Crippen LogP contribution in [-0.2, 0) is 4.79 Å². The summed E-state index contributed by atoms with van der Waals surface area (Å²) in [5.41, 5.74) is 1.78. The normalized spacial score (nSPS) is 10.9. The van der Waals surface area contributed by atoms with Crippen molar-refractivity contribution in [2.75, 3.05) is 19.0 Å². The third-order valence-electron chi connectivity index (χ3n) is 3.95. The Bertz CT molecular complexity index is 1190. The first-order chi connectivity index (χ1) is 14.0. The maximum Gasteiger partial charge on any atom is 0.264 e. The molecule has 148 valence electrons. The molecule has 0 radical (unpaired) electrons. The molecule has 0 saturated carbocycles. The van der Waals surface area contributed by atoms with Crippen molar-refractivity contribution in [1.29, 1.82) is 0 Å². The van der Waals surface area contributed by atoms with Crippen LogP contribution in [0.15, 0.2) is 47.8 Å². The summed E-state index contributed by atoms with van der Waals surface area (Å²) in [7, 11) is 1.62. The Morgan fingerprint density at radius 3 is 2.90 bits per heavy atom. The van der Waals surface area contributed by atoms with Crippen LogP contribution in [0.4, 0.5) is 5.95 Å². The number of carbonyl (C=O) groups excluding carboxylic acids is 1. The molecule has 0 aliphatic heterocycles. The number of nitrogens with one attached hydrogen (secondary N) is 1. The van der Waals surface area contributed by atoms with E-state index in [0.717, 1.165) is 17.0 Å². The van der Waals surface area contributed by atoms with Crippen molar-refractivity contribution in [3.8, 4) is 22.8 Å². The van der Waals surface area contributed by atoms with Gasteiger partial charge in [0.2, 0.25) is 4.96 Å². The van der Waals surface area contributed by atoms with Crippen LogP contribution < -0.4 is 14.8 Å². The number of halogens is 2. The molecule has 10 heteroatoms. The fourth-order valence-electron chi connectivity index (χ4n) is 2.61. The minimum absolute atomic E-state index is 0.191. The second-order valence-corrected chi connectivity index (χ2v) is 7.57. The Hall–Kier alpha value is -2.81. The van der Waals surface area contributed by atoms with E-state index in [1.54, 1.807) is 29.8 Å². The van der Waals surface area contributed by atoms with E-state index in [2.05, 4.69) is 15.4 Å². The highest BCUT2D eigenvalue weighted by Crippen LogP contribution is 2.29. The number of anilines is 1. The smallest absolute Gasteiger partial charge is 0.264 e. The molecule has 1 N–H and O–H groups in total. The maximum absolute atomic E-state index is 12.2. The number of methoxy groups -OCH3 is 1. The van der Waals surface area contributed by atoms with E-state index in [1.807, 2.05) is 29.6 Å². The topological polar surface area (TPSA) is 77.8 Å². The molecule has 2 aromatic heterocycles. The van der Waals surface area contributed by atoms with Gasteiger partial charge in [0.15, 0.2) is 6.61 Å². The molecule has 0 fully saturated rings. The van der Waals surface area contributed by atoms with Gasteiger partial charge in [0.1, 0.15) is 11.5 Å². The Labute approximate surface area is 179 Å². The SMILES string of the molecule is COc1cccc(-c2csc3nc(NC(=O)COc4ccc(Cl)cc4Cl)nn23)c1. The van der Waals surface area contributed by atoms with Gasteiger partial charge in [-0.3, -0.25) is 10.1 Å². The molecular weight excluding hydrogens is 435 g/mol. The molecule has 0 unspecified atom stereocenters. The Balaban J connectivity index is 1.47. The number of rotatable bonds is 6. The van der Waals surface area contributed by atoms with E-state index in [0.29, 0.717) is 20.8 Å². The first-order valence-corrected chi connectivity index (χ1v) is 10.0. The zero-order valence-corrected chi connectivity index (χ0v) is 17.4. The molecule has 0 saturated heterocycles. The van der Waals surface area contributed by atoms with Gasteiger partial charge >= 0.3 is 0 Å². The lowest BCUT2D eigenvalue weighted by molar-refractivity contribution is -0.118. The minimum atomic E-state index is -0.405. The molecule has 1 amide bonds. The van der Waals surface area contributed by atoms with Crippen LogP contribution in [-0.4, -0.2) is 34.2 Å². The summed E-state index contributed by atoms with van der Waals surface area (Å²) in [6, 6.07) is 12.4. The number of ether oxygens (including phenoxy) is 2. The van der Waals surface area contributed by atoms with Crippen molar-refractivity contribution < 1.29 is 14.3 Å². The lowest BCUT2D eigenvalue weighted by Crippen LogP contribution is -2.21. The quantitative estimate of drug-likeness (QED) is 0.458. The zero-order chi connectivity index (χ0) is 20.4. The average Bonchev–Trinajstić information content (AvgIpc) is 3.27. The number of nitrogens with zero attached hydrogens (tertiary/aromatic N) is 3. The number of amides is 1. The van der Waals surface area contributed by atoms with Gasteiger partial charge in [0.25, 0.3) is 11.9 Å². The van der Waals surface area contributed by atoms with Crippen molar-refractivity contribution in [1.82, 2.24) is 14.6 Å². The number of fused-ring (bicyclic) bond motifs is 1. The van der Waals surface area contributed by atoms with Gasteiger partial charge in [-0.25, -0.2) is 4.52 Å². The van der Waals surface area contributed by atoms with Gasteiger partial charge in [0, 0.05) is 16.0 Å². The second kappa shape index (κ2) is 8.28. The highest BCUT2D eigenvalue weighted by molar-refractivity contribution is 7.15. The Morgan fingerprint density at radius 1 is 1.24 bits per heavy atom. The largest absolute Gasteiger partial charge is 0.497 e. The molecule has 0 spiro atoms. The first-order valence-electron chi connectivity index (χ1n) is 8.40. The monoisotopic (exact) mass is 448 g/mol. The van der Waals surface area contributed by atoms with Crippen LogP contribution in [0.3, 0.4) is 0 Å². The molecule has 2 aromatic carbocycles. The molecule has 0 bridgehead atoms. The summed E-state index contributed by atoms with van der Waals surface area (Å²) in [6.45, 7) is -0.239. The van der Waals surface area contributed by atoms with E-state index >= 15 is 0 Å². The lowest BCUT2D eigenvalue weighted by Gasteiger charge is -2.07. The zero-order valence-electron chi connectivity index (χ0n) is 15.1. The van der Waals surface area contributed by atoms with E-state index in [4.69, 9.17) is 32.7 Å². The first kappa shape index (κ1) is 19.5. The van der Waals surface area contributed by atoms with Crippen molar-refractivity contribution in [2.45, 2.75) is 0 Å². The number of aromatic nitrogens is 3. The fourth-order valence-corrected chi connectivity index (χ4v) is 3.91. The van der Waals surface area contributed by atoms with Crippen LogP contribution in [0.2, 0.25) is 10.0 Å². The number of hydrogen-bond donors (Lipinski definition) is 1. The molecule has 4 rings (SSSR count). The van der Waals surface area contributed by atoms with E-state index in [-0.39, 0.29) is 12.6 Å². The second-order valence-electron chi connectivity index (χ2n) is 5.89. The number of thiazole rings is 1. The molecule has 0 aliphatic rings. The number of hydrogen-bond acceptors (Lipinski definition) is 6. The average molecular weight is 449 g/mol. The summed E-state index contributed by atoms with van der Waals surface area (Å²) in [4.78, 5) is 17.2. The van der Waals surface area contributed by atoms with Gasteiger partial charge in [-0.2, -0.15) is 4.98 Å². The molecule has 0 aliphatic carbocycles. The van der Waals surface area contributed by atoms with Crippen LogP contribution in [0.5, 0.6) is 11.5 Å². The van der Waals surface area contributed by atoms with Crippen LogP contribution in [0, 0.1) is 0 Å². The van der Waals surface area contributed by atoms with Crippen molar-refractivity contribution in [3.63, 3.8) is 0 Å².